The molecule has 0 amide bonds. The maximum Gasteiger partial charge on any atom is 0.377 e. The summed E-state index contributed by atoms with van der Waals surface area (Å²) in [5, 5.41) is 0.496. The number of halogens is 1. The maximum atomic E-state index is 13.3. The fraction of sp³-hybridized carbons (Fsp3) is 0.0769. The standard InChI is InChI=1S/C13H8FN3O3S/c1-20-13(19)11-16-12(21-17-11)10(18)8-5-15-9-3-2-6(14)4-7(8)9/h2-5,15H,1H3. The molecule has 0 bridgehead atoms. The zero-order chi connectivity index (χ0) is 15.0. The van der Waals surface area contributed by atoms with Crippen molar-refractivity contribution in [2.24, 2.45) is 0 Å². The summed E-state index contributed by atoms with van der Waals surface area (Å²) >= 11 is 0.793. The number of ether oxygens (including phenoxy) is 1. The van der Waals surface area contributed by atoms with Gasteiger partial charge in [-0.2, -0.15) is 4.37 Å². The van der Waals surface area contributed by atoms with E-state index in [1.807, 2.05) is 0 Å². The van der Waals surface area contributed by atoms with Crippen LogP contribution in [0.25, 0.3) is 10.9 Å². The maximum absolute atomic E-state index is 13.3. The van der Waals surface area contributed by atoms with Crippen LogP contribution in [0.5, 0.6) is 0 Å². The largest absolute Gasteiger partial charge is 0.463 e. The minimum absolute atomic E-state index is 0.0422. The highest BCUT2D eigenvalue weighted by Gasteiger charge is 2.21. The van der Waals surface area contributed by atoms with Crippen LogP contribution in [-0.4, -0.2) is 33.2 Å². The molecule has 21 heavy (non-hydrogen) atoms. The fourth-order valence-corrected chi connectivity index (χ4v) is 2.49. The molecule has 6 nitrogen and oxygen atoms in total. The summed E-state index contributed by atoms with van der Waals surface area (Å²) in [7, 11) is 1.20. The average molecular weight is 305 g/mol. The summed E-state index contributed by atoms with van der Waals surface area (Å²) in [6, 6.07) is 4.11. The predicted molar refractivity (Wildman–Crippen MR) is 72.9 cm³/mol. The number of nitrogens with zero attached hydrogens (tertiary/aromatic N) is 2. The van der Waals surface area contributed by atoms with E-state index in [0.717, 1.165) is 11.5 Å². The van der Waals surface area contributed by atoms with E-state index in [1.165, 1.54) is 25.4 Å². The number of carbonyl (C=O) groups excluding carboxylic acids is 2. The van der Waals surface area contributed by atoms with Gasteiger partial charge in [0.05, 0.1) is 12.7 Å². The molecule has 0 aliphatic rings. The van der Waals surface area contributed by atoms with Gasteiger partial charge in [0.25, 0.3) is 5.82 Å². The third-order valence-corrected chi connectivity index (χ3v) is 3.59. The summed E-state index contributed by atoms with van der Waals surface area (Å²) < 4.78 is 21.6. The lowest BCUT2D eigenvalue weighted by atomic mass is 10.1. The molecule has 2 aromatic heterocycles. The minimum atomic E-state index is -0.713. The number of aromatic nitrogens is 3. The summed E-state index contributed by atoms with van der Waals surface area (Å²) in [5.74, 6) is -1.75. The van der Waals surface area contributed by atoms with Gasteiger partial charge in [-0.25, -0.2) is 14.2 Å². The van der Waals surface area contributed by atoms with Crippen LogP contribution in [0.4, 0.5) is 4.39 Å². The van der Waals surface area contributed by atoms with E-state index < -0.39 is 17.6 Å². The van der Waals surface area contributed by atoms with Gasteiger partial charge in [0.2, 0.25) is 5.78 Å². The Balaban J connectivity index is 2.02. The highest BCUT2D eigenvalue weighted by Crippen LogP contribution is 2.22. The zero-order valence-corrected chi connectivity index (χ0v) is 11.5. The Kier molecular flexibility index (Phi) is 3.22. The Morgan fingerprint density at radius 1 is 1.38 bits per heavy atom. The molecule has 0 spiro atoms. The highest BCUT2D eigenvalue weighted by atomic mass is 32.1. The van der Waals surface area contributed by atoms with Crippen molar-refractivity contribution < 1.29 is 18.7 Å². The van der Waals surface area contributed by atoms with Gasteiger partial charge in [-0.15, -0.1) is 0 Å². The quantitative estimate of drug-likeness (QED) is 0.592. The van der Waals surface area contributed by atoms with E-state index in [0.29, 0.717) is 10.9 Å². The van der Waals surface area contributed by atoms with Crippen LogP contribution in [0.1, 0.15) is 26.0 Å². The molecule has 0 atom stereocenters. The molecule has 0 aliphatic carbocycles. The van der Waals surface area contributed by atoms with Crippen LogP contribution in [0, 0.1) is 5.82 Å². The van der Waals surface area contributed by atoms with Crippen LogP contribution in [0.15, 0.2) is 24.4 Å². The lowest BCUT2D eigenvalue weighted by Crippen LogP contribution is -2.05. The SMILES string of the molecule is COC(=O)c1nsc(C(=O)c2c[nH]c3ccc(F)cc23)n1. The van der Waals surface area contributed by atoms with E-state index in [1.54, 1.807) is 6.07 Å². The molecule has 0 unspecified atom stereocenters. The third kappa shape index (κ3) is 2.29. The number of fused-ring (bicyclic) bond motifs is 1. The normalized spacial score (nSPS) is 10.8. The molecule has 3 aromatic rings. The van der Waals surface area contributed by atoms with E-state index in [2.05, 4.69) is 19.1 Å². The average Bonchev–Trinajstić information content (AvgIpc) is 3.12. The molecule has 0 radical (unpaired) electrons. The number of hydrogen-bond donors (Lipinski definition) is 1. The Labute approximate surface area is 121 Å². The third-order valence-electron chi connectivity index (χ3n) is 2.88. The number of hydrogen-bond acceptors (Lipinski definition) is 6. The molecular weight excluding hydrogens is 297 g/mol. The van der Waals surface area contributed by atoms with Crippen LogP contribution < -0.4 is 0 Å². The van der Waals surface area contributed by atoms with Gasteiger partial charge in [0, 0.05) is 17.1 Å². The van der Waals surface area contributed by atoms with Gasteiger partial charge in [0.15, 0.2) is 5.01 Å². The molecule has 1 N–H and O–H groups in total. The molecule has 1 aromatic carbocycles. The number of H-pyrrole nitrogens is 1. The van der Waals surface area contributed by atoms with Crippen LogP contribution >= 0.6 is 11.5 Å². The summed E-state index contributed by atoms with van der Waals surface area (Å²) in [6.07, 6.45) is 1.48. The van der Waals surface area contributed by atoms with Crippen LogP contribution in [-0.2, 0) is 4.74 Å². The van der Waals surface area contributed by atoms with Gasteiger partial charge in [-0.05, 0) is 29.7 Å². The van der Waals surface area contributed by atoms with E-state index in [9.17, 15) is 14.0 Å². The molecule has 0 saturated heterocycles. The van der Waals surface area contributed by atoms with E-state index in [4.69, 9.17) is 0 Å². The van der Waals surface area contributed by atoms with Gasteiger partial charge < -0.3 is 9.72 Å². The van der Waals surface area contributed by atoms with Crippen molar-refractivity contribution in [1.29, 1.82) is 0 Å². The van der Waals surface area contributed by atoms with Crippen LogP contribution in [0.2, 0.25) is 0 Å². The first kappa shape index (κ1) is 13.4. The number of aromatic amines is 1. The number of methoxy groups -OCH3 is 1. The smallest absolute Gasteiger partial charge is 0.377 e. The lowest BCUT2D eigenvalue weighted by molar-refractivity contribution is 0.0588. The Morgan fingerprint density at radius 2 is 2.19 bits per heavy atom. The second-order valence-electron chi connectivity index (χ2n) is 4.14. The van der Waals surface area contributed by atoms with Crippen molar-refractivity contribution in [1.82, 2.24) is 14.3 Å². The Bertz CT molecular complexity index is 855. The lowest BCUT2D eigenvalue weighted by Gasteiger charge is -1.95. The molecule has 0 aliphatic heterocycles. The number of rotatable bonds is 3. The molecule has 8 heteroatoms. The summed E-state index contributed by atoms with van der Waals surface area (Å²) in [4.78, 5) is 30.4. The van der Waals surface area contributed by atoms with Gasteiger partial charge in [-0.3, -0.25) is 4.79 Å². The molecule has 0 fully saturated rings. The predicted octanol–water partition coefficient (Wildman–Crippen LogP) is 2.18. The van der Waals surface area contributed by atoms with Crippen molar-refractivity contribution >= 4 is 34.2 Å². The number of carbonyl (C=O) groups is 2. The second-order valence-corrected chi connectivity index (χ2v) is 4.89. The molecule has 106 valence electrons. The minimum Gasteiger partial charge on any atom is -0.463 e. The number of nitrogens with one attached hydrogen (secondary N) is 1. The number of benzene rings is 1. The number of esters is 1. The van der Waals surface area contributed by atoms with Crippen molar-refractivity contribution in [2.75, 3.05) is 7.11 Å². The van der Waals surface area contributed by atoms with Crippen molar-refractivity contribution in [3.63, 3.8) is 0 Å². The summed E-state index contributed by atoms with van der Waals surface area (Å²) in [5.41, 5.74) is 0.912. The molecular formula is C13H8FN3O3S. The van der Waals surface area contributed by atoms with Gasteiger partial charge >= 0.3 is 5.97 Å². The van der Waals surface area contributed by atoms with Crippen molar-refractivity contribution in [3.05, 3.63) is 46.6 Å². The van der Waals surface area contributed by atoms with Gasteiger partial charge in [0.1, 0.15) is 5.82 Å². The Morgan fingerprint density at radius 3 is 2.95 bits per heavy atom. The van der Waals surface area contributed by atoms with Crippen LogP contribution in [0.3, 0.4) is 0 Å². The first-order chi connectivity index (χ1) is 10.1. The topological polar surface area (TPSA) is 84.9 Å². The molecule has 0 saturated carbocycles. The monoisotopic (exact) mass is 305 g/mol. The first-order valence-corrected chi connectivity index (χ1v) is 6.61. The van der Waals surface area contributed by atoms with E-state index in [-0.39, 0.29) is 16.4 Å². The second kappa shape index (κ2) is 5.06. The fourth-order valence-electron chi connectivity index (χ4n) is 1.89. The van der Waals surface area contributed by atoms with E-state index >= 15 is 0 Å². The Hall–Kier alpha value is -2.61. The highest BCUT2D eigenvalue weighted by molar-refractivity contribution is 7.08. The number of ketones is 1. The van der Waals surface area contributed by atoms with Gasteiger partial charge in [-0.1, -0.05) is 0 Å². The van der Waals surface area contributed by atoms with Crippen molar-refractivity contribution in [3.8, 4) is 0 Å². The molecule has 3 rings (SSSR count). The first-order valence-electron chi connectivity index (χ1n) is 5.83. The molecule has 2 heterocycles. The zero-order valence-electron chi connectivity index (χ0n) is 10.7. The summed E-state index contributed by atoms with van der Waals surface area (Å²) in [6.45, 7) is 0. The van der Waals surface area contributed by atoms with Crippen molar-refractivity contribution in [2.45, 2.75) is 0 Å².